The van der Waals surface area contributed by atoms with E-state index in [0.717, 1.165) is 18.4 Å². The van der Waals surface area contributed by atoms with E-state index in [1.807, 2.05) is 7.11 Å². The summed E-state index contributed by atoms with van der Waals surface area (Å²) in [5, 5.41) is 3.51. The van der Waals surface area contributed by atoms with Gasteiger partial charge in [0.15, 0.2) is 0 Å². The SMILES string of the molecule is COCC1CCN(CCCC2CCCNC2)C1. The molecule has 2 unspecified atom stereocenters. The van der Waals surface area contributed by atoms with Crippen LogP contribution >= 0.6 is 0 Å². The van der Waals surface area contributed by atoms with Gasteiger partial charge in [0.25, 0.3) is 0 Å². The summed E-state index contributed by atoms with van der Waals surface area (Å²) < 4.78 is 5.24. The number of ether oxygens (including phenoxy) is 1. The molecular formula is C14H28N2O. The lowest BCUT2D eigenvalue weighted by Gasteiger charge is -2.23. The first-order valence-corrected chi connectivity index (χ1v) is 7.30. The predicted octanol–water partition coefficient (Wildman–Crippen LogP) is 1.73. The van der Waals surface area contributed by atoms with Crippen LogP contribution in [-0.2, 0) is 4.74 Å². The van der Waals surface area contributed by atoms with Crippen LogP contribution in [0.2, 0.25) is 0 Å². The van der Waals surface area contributed by atoms with Gasteiger partial charge in [-0.05, 0) is 70.1 Å². The van der Waals surface area contributed by atoms with Crippen molar-refractivity contribution in [3.05, 3.63) is 0 Å². The van der Waals surface area contributed by atoms with Gasteiger partial charge in [-0.15, -0.1) is 0 Å². The molecule has 0 aromatic rings. The second-order valence-corrected chi connectivity index (χ2v) is 5.77. The van der Waals surface area contributed by atoms with Gasteiger partial charge in [0.1, 0.15) is 0 Å². The summed E-state index contributed by atoms with van der Waals surface area (Å²) in [6.45, 7) is 7.29. The molecule has 2 rings (SSSR count). The lowest BCUT2D eigenvalue weighted by molar-refractivity contribution is 0.153. The van der Waals surface area contributed by atoms with Crippen LogP contribution in [0, 0.1) is 11.8 Å². The smallest absolute Gasteiger partial charge is 0.0503 e. The Labute approximate surface area is 106 Å². The highest BCUT2D eigenvalue weighted by molar-refractivity contribution is 4.76. The summed E-state index contributed by atoms with van der Waals surface area (Å²) in [6, 6.07) is 0. The third-order valence-electron chi connectivity index (χ3n) is 4.26. The summed E-state index contributed by atoms with van der Waals surface area (Å²) in [5.41, 5.74) is 0. The van der Waals surface area contributed by atoms with Crippen molar-refractivity contribution in [2.24, 2.45) is 11.8 Å². The number of methoxy groups -OCH3 is 1. The van der Waals surface area contributed by atoms with Crippen LogP contribution in [0.15, 0.2) is 0 Å². The van der Waals surface area contributed by atoms with Gasteiger partial charge < -0.3 is 15.0 Å². The van der Waals surface area contributed by atoms with Gasteiger partial charge in [-0.3, -0.25) is 0 Å². The van der Waals surface area contributed by atoms with E-state index in [4.69, 9.17) is 4.74 Å². The van der Waals surface area contributed by atoms with E-state index in [-0.39, 0.29) is 0 Å². The fourth-order valence-corrected chi connectivity index (χ4v) is 3.26. The van der Waals surface area contributed by atoms with Crippen molar-refractivity contribution in [2.75, 3.05) is 46.4 Å². The third kappa shape index (κ3) is 4.57. The molecule has 17 heavy (non-hydrogen) atoms. The summed E-state index contributed by atoms with van der Waals surface area (Å²) in [7, 11) is 1.82. The van der Waals surface area contributed by atoms with Crippen LogP contribution < -0.4 is 5.32 Å². The van der Waals surface area contributed by atoms with E-state index in [0.29, 0.717) is 0 Å². The van der Waals surface area contributed by atoms with Gasteiger partial charge in [-0.2, -0.15) is 0 Å². The molecule has 2 saturated heterocycles. The maximum Gasteiger partial charge on any atom is 0.0503 e. The number of nitrogens with one attached hydrogen (secondary N) is 1. The Kier molecular flexibility index (Phi) is 5.75. The molecule has 2 fully saturated rings. The van der Waals surface area contributed by atoms with E-state index < -0.39 is 0 Å². The Morgan fingerprint density at radius 1 is 1.29 bits per heavy atom. The molecule has 0 spiro atoms. The molecule has 3 heteroatoms. The zero-order valence-electron chi connectivity index (χ0n) is 11.3. The molecule has 100 valence electrons. The van der Waals surface area contributed by atoms with E-state index in [2.05, 4.69) is 10.2 Å². The number of hydrogen-bond acceptors (Lipinski definition) is 3. The van der Waals surface area contributed by atoms with Gasteiger partial charge in [0.05, 0.1) is 6.61 Å². The molecule has 1 N–H and O–H groups in total. The topological polar surface area (TPSA) is 24.5 Å². The highest BCUT2D eigenvalue weighted by Gasteiger charge is 2.22. The fourth-order valence-electron chi connectivity index (χ4n) is 3.26. The van der Waals surface area contributed by atoms with Crippen LogP contribution in [0.4, 0.5) is 0 Å². The quantitative estimate of drug-likeness (QED) is 0.765. The third-order valence-corrected chi connectivity index (χ3v) is 4.26. The summed E-state index contributed by atoms with van der Waals surface area (Å²) in [6.07, 6.45) is 6.95. The molecule has 2 heterocycles. The molecule has 0 radical (unpaired) electrons. The highest BCUT2D eigenvalue weighted by atomic mass is 16.5. The molecule has 2 atom stereocenters. The standard InChI is InChI=1S/C14H28N2O/c1-17-12-14-6-9-16(11-14)8-3-5-13-4-2-7-15-10-13/h13-15H,2-12H2,1H3. The molecule has 3 nitrogen and oxygen atoms in total. The van der Waals surface area contributed by atoms with Gasteiger partial charge >= 0.3 is 0 Å². The van der Waals surface area contributed by atoms with Crippen molar-refractivity contribution >= 4 is 0 Å². The van der Waals surface area contributed by atoms with Crippen molar-refractivity contribution < 1.29 is 4.74 Å². The Bertz CT molecular complexity index is 204. The Morgan fingerprint density at radius 3 is 3.00 bits per heavy atom. The summed E-state index contributed by atoms with van der Waals surface area (Å²) in [5.74, 6) is 1.73. The fraction of sp³-hybridized carbons (Fsp3) is 1.00. The van der Waals surface area contributed by atoms with Crippen LogP contribution in [0.5, 0.6) is 0 Å². The molecule has 0 aromatic heterocycles. The Morgan fingerprint density at radius 2 is 2.24 bits per heavy atom. The van der Waals surface area contributed by atoms with E-state index in [1.165, 1.54) is 64.8 Å². The number of likely N-dealkylation sites (tertiary alicyclic amines) is 1. The van der Waals surface area contributed by atoms with Crippen LogP contribution in [0.3, 0.4) is 0 Å². The minimum absolute atomic E-state index is 0.788. The predicted molar refractivity (Wildman–Crippen MR) is 71.3 cm³/mol. The lowest BCUT2D eigenvalue weighted by Crippen LogP contribution is -2.30. The molecular weight excluding hydrogens is 212 g/mol. The number of hydrogen-bond donors (Lipinski definition) is 1. The molecule has 0 amide bonds. The number of nitrogens with zero attached hydrogens (tertiary/aromatic N) is 1. The van der Waals surface area contributed by atoms with Crippen molar-refractivity contribution in [2.45, 2.75) is 32.1 Å². The molecule has 2 aliphatic rings. The average molecular weight is 240 g/mol. The molecule has 0 aliphatic carbocycles. The summed E-state index contributed by atoms with van der Waals surface area (Å²) >= 11 is 0. The van der Waals surface area contributed by atoms with Crippen molar-refractivity contribution in [3.63, 3.8) is 0 Å². The van der Waals surface area contributed by atoms with E-state index in [9.17, 15) is 0 Å². The molecule has 0 saturated carbocycles. The minimum atomic E-state index is 0.788. The lowest BCUT2D eigenvalue weighted by atomic mass is 9.95. The normalized spacial score (nSPS) is 30.9. The maximum absolute atomic E-state index is 5.24. The first-order chi connectivity index (χ1) is 8.38. The van der Waals surface area contributed by atoms with Crippen LogP contribution in [0.25, 0.3) is 0 Å². The van der Waals surface area contributed by atoms with Crippen molar-refractivity contribution in [3.8, 4) is 0 Å². The molecule has 0 bridgehead atoms. The molecule has 2 aliphatic heterocycles. The molecule has 0 aromatic carbocycles. The maximum atomic E-state index is 5.24. The minimum Gasteiger partial charge on any atom is -0.384 e. The monoisotopic (exact) mass is 240 g/mol. The largest absolute Gasteiger partial charge is 0.384 e. The first-order valence-electron chi connectivity index (χ1n) is 7.30. The zero-order valence-corrected chi connectivity index (χ0v) is 11.3. The van der Waals surface area contributed by atoms with Gasteiger partial charge in [0.2, 0.25) is 0 Å². The highest BCUT2D eigenvalue weighted by Crippen LogP contribution is 2.19. The number of rotatable bonds is 6. The van der Waals surface area contributed by atoms with E-state index >= 15 is 0 Å². The average Bonchev–Trinajstić information content (AvgIpc) is 2.79. The van der Waals surface area contributed by atoms with Gasteiger partial charge in [0, 0.05) is 13.7 Å². The second kappa shape index (κ2) is 7.34. The second-order valence-electron chi connectivity index (χ2n) is 5.77. The van der Waals surface area contributed by atoms with Gasteiger partial charge in [-0.25, -0.2) is 0 Å². The van der Waals surface area contributed by atoms with Crippen molar-refractivity contribution in [1.82, 2.24) is 10.2 Å². The summed E-state index contributed by atoms with van der Waals surface area (Å²) in [4.78, 5) is 2.62. The van der Waals surface area contributed by atoms with Crippen LogP contribution in [-0.4, -0.2) is 51.3 Å². The Hall–Kier alpha value is -0.120. The zero-order chi connectivity index (χ0) is 11.9. The Balaban J connectivity index is 1.53. The number of piperidine rings is 1. The van der Waals surface area contributed by atoms with Crippen LogP contribution in [0.1, 0.15) is 32.1 Å². The van der Waals surface area contributed by atoms with Gasteiger partial charge in [-0.1, -0.05) is 0 Å². The van der Waals surface area contributed by atoms with E-state index in [1.54, 1.807) is 0 Å². The van der Waals surface area contributed by atoms with Crippen molar-refractivity contribution in [1.29, 1.82) is 0 Å². The first kappa shape index (κ1) is 13.3.